The predicted molar refractivity (Wildman–Crippen MR) is 54.3 cm³/mol. The predicted octanol–water partition coefficient (Wildman–Crippen LogP) is 2.53. The Hall–Kier alpha value is -1.08. The van der Waals surface area contributed by atoms with Crippen molar-refractivity contribution in [3.8, 4) is 0 Å². The molecule has 2 rings (SSSR count). The molecular weight excluding hydrogens is 160 g/mol. The molecule has 13 heavy (non-hydrogen) atoms. The van der Waals surface area contributed by atoms with Crippen LogP contribution in [0.15, 0.2) is 24.3 Å². The Bertz CT molecular complexity index is 350. The van der Waals surface area contributed by atoms with Gasteiger partial charge in [0.15, 0.2) is 0 Å². The largest absolute Gasteiger partial charge is 0.392 e. The molecule has 0 atom stereocenters. The zero-order valence-electron chi connectivity index (χ0n) is 7.88. The fourth-order valence-corrected chi connectivity index (χ4v) is 1.86. The molecule has 0 saturated carbocycles. The van der Waals surface area contributed by atoms with E-state index >= 15 is 0 Å². The molecule has 1 aliphatic carbocycles. The van der Waals surface area contributed by atoms with Crippen molar-refractivity contribution in [1.29, 1.82) is 0 Å². The number of rotatable bonds is 1. The summed E-state index contributed by atoms with van der Waals surface area (Å²) in [6.07, 6.45) is 4.55. The van der Waals surface area contributed by atoms with Gasteiger partial charge in [0, 0.05) is 0 Å². The van der Waals surface area contributed by atoms with E-state index in [9.17, 15) is 0 Å². The first-order valence-electron chi connectivity index (χ1n) is 4.71. The lowest BCUT2D eigenvalue weighted by atomic mass is 9.90. The minimum Gasteiger partial charge on any atom is -0.392 e. The highest BCUT2D eigenvalue weighted by Crippen LogP contribution is 2.26. The maximum absolute atomic E-state index is 9.01. The van der Waals surface area contributed by atoms with E-state index in [2.05, 4.69) is 25.1 Å². The van der Waals surface area contributed by atoms with E-state index in [0.29, 0.717) is 0 Å². The highest BCUT2D eigenvalue weighted by molar-refractivity contribution is 5.69. The molecule has 0 amide bonds. The molecule has 1 aliphatic rings. The number of benzene rings is 1. The lowest BCUT2D eigenvalue weighted by Crippen LogP contribution is -1.99. The minimum absolute atomic E-state index is 0.139. The van der Waals surface area contributed by atoms with Crippen molar-refractivity contribution in [2.45, 2.75) is 26.4 Å². The van der Waals surface area contributed by atoms with Crippen LogP contribution in [-0.2, 0) is 13.0 Å². The van der Waals surface area contributed by atoms with Crippen LogP contribution in [0.4, 0.5) is 0 Å². The van der Waals surface area contributed by atoms with E-state index in [1.807, 2.05) is 6.07 Å². The third-order valence-corrected chi connectivity index (χ3v) is 2.65. The molecule has 0 aromatic heterocycles. The summed E-state index contributed by atoms with van der Waals surface area (Å²) in [5, 5.41) is 9.01. The van der Waals surface area contributed by atoms with Gasteiger partial charge in [-0.1, -0.05) is 18.2 Å². The van der Waals surface area contributed by atoms with Gasteiger partial charge in [-0.2, -0.15) is 0 Å². The number of hydrogen-bond donors (Lipinski definition) is 1. The molecule has 68 valence electrons. The van der Waals surface area contributed by atoms with Crippen molar-refractivity contribution >= 4 is 5.57 Å². The lowest BCUT2D eigenvalue weighted by molar-refractivity contribution is 0.282. The van der Waals surface area contributed by atoms with Crippen LogP contribution in [0.1, 0.15) is 30.0 Å². The lowest BCUT2D eigenvalue weighted by Gasteiger charge is -2.15. The maximum Gasteiger partial charge on any atom is 0.0682 e. The number of fused-ring (bicyclic) bond motifs is 1. The Morgan fingerprint density at radius 2 is 2.23 bits per heavy atom. The summed E-state index contributed by atoms with van der Waals surface area (Å²) in [6, 6.07) is 6.25. The van der Waals surface area contributed by atoms with Gasteiger partial charge in [0.25, 0.3) is 0 Å². The SMILES string of the molecule is CC1=CCCc2ccc(CO)cc21. The molecule has 0 unspecified atom stereocenters. The van der Waals surface area contributed by atoms with Crippen molar-refractivity contribution in [1.82, 2.24) is 0 Å². The highest BCUT2D eigenvalue weighted by Gasteiger charge is 2.08. The highest BCUT2D eigenvalue weighted by atomic mass is 16.3. The van der Waals surface area contributed by atoms with Crippen molar-refractivity contribution in [2.75, 3.05) is 0 Å². The molecule has 0 radical (unpaired) electrons. The third kappa shape index (κ3) is 1.52. The van der Waals surface area contributed by atoms with E-state index in [-0.39, 0.29) is 6.61 Å². The fraction of sp³-hybridized carbons (Fsp3) is 0.333. The second kappa shape index (κ2) is 3.35. The first-order valence-corrected chi connectivity index (χ1v) is 4.71. The Labute approximate surface area is 78.7 Å². The van der Waals surface area contributed by atoms with Crippen LogP contribution in [0.2, 0.25) is 0 Å². The zero-order chi connectivity index (χ0) is 9.26. The van der Waals surface area contributed by atoms with Crippen molar-refractivity contribution < 1.29 is 5.11 Å². The molecule has 0 fully saturated rings. The summed E-state index contributed by atoms with van der Waals surface area (Å²) in [4.78, 5) is 0. The smallest absolute Gasteiger partial charge is 0.0682 e. The molecule has 0 bridgehead atoms. The molecule has 1 aromatic rings. The molecule has 0 saturated heterocycles. The number of hydrogen-bond acceptors (Lipinski definition) is 1. The summed E-state index contributed by atoms with van der Waals surface area (Å²) in [6.45, 7) is 2.28. The molecule has 0 heterocycles. The van der Waals surface area contributed by atoms with Gasteiger partial charge < -0.3 is 5.11 Å². The van der Waals surface area contributed by atoms with Gasteiger partial charge in [-0.25, -0.2) is 0 Å². The van der Waals surface area contributed by atoms with Gasteiger partial charge >= 0.3 is 0 Å². The van der Waals surface area contributed by atoms with E-state index in [1.54, 1.807) is 0 Å². The Morgan fingerprint density at radius 3 is 3.00 bits per heavy atom. The first-order chi connectivity index (χ1) is 6.31. The Kier molecular flexibility index (Phi) is 2.19. The average Bonchev–Trinajstić information content (AvgIpc) is 2.18. The van der Waals surface area contributed by atoms with Gasteiger partial charge in [0.1, 0.15) is 0 Å². The van der Waals surface area contributed by atoms with Crippen LogP contribution >= 0.6 is 0 Å². The third-order valence-electron chi connectivity index (χ3n) is 2.65. The van der Waals surface area contributed by atoms with Crippen LogP contribution in [-0.4, -0.2) is 5.11 Å². The van der Waals surface area contributed by atoms with Gasteiger partial charge in [0.05, 0.1) is 6.61 Å². The van der Waals surface area contributed by atoms with E-state index in [1.165, 1.54) is 16.7 Å². The molecular formula is C12H14O. The second-order valence-corrected chi connectivity index (χ2v) is 3.58. The Morgan fingerprint density at radius 1 is 1.38 bits per heavy atom. The van der Waals surface area contributed by atoms with E-state index in [0.717, 1.165) is 18.4 Å². The topological polar surface area (TPSA) is 20.2 Å². The number of aliphatic hydroxyl groups excluding tert-OH is 1. The van der Waals surface area contributed by atoms with Crippen LogP contribution < -0.4 is 0 Å². The quantitative estimate of drug-likeness (QED) is 0.693. The summed E-state index contributed by atoms with van der Waals surface area (Å²) < 4.78 is 0. The van der Waals surface area contributed by atoms with Crippen LogP contribution in [0.3, 0.4) is 0 Å². The van der Waals surface area contributed by atoms with Gasteiger partial charge in [0.2, 0.25) is 0 Å². The molecule has 1 heteroatoms. The normalized spacial score (nSPS) is 15.1. The Balaban J connectivity index is 2.50. The molecule has 1 aromatic carbocycles. The van der Waals surface area contributed by atoms with Crippen molar-refractivity contribution in [3.05, 3.63) is 41.0 Å². The second-order valence-electron chi connectivity index (χ2n) is 3.58. The maximum atomic E-state index is 9.01. The van der Waals surface area contributed by atoms with Crippen molar-refractivity contribution in [3.63, 3.8) is 0 Å². The summed E-state index contributed by atoms with van der Waals surface area (Å²) in [7, 11) is 0. The standard InChI is InChI=1S/C12H14O/c1-9-3-2-4-11-6-5-10(8-13)7-12(9)11/h3,5-7,13H,2,4,8H2,1H3. The summed E-state index contributed by atoms with van der Waals surface area (Å²) in [5.41, 5.74) is 5.08. The zero-order valence-corrected chi connectivity index (χ0v) is 7.88. The minimum atomic E-state index is 0.139. The van der Waals surface area contributed by atoms with Crippen molar-refractivity contribution in [2.24, 2.45) is 0 Å². The number of aryl methyl sites for hydroxylation is 1. The van der Waals surface area contributed by atoms with Gasteiger partial charge in [-0.05, 0) is 48.1 Å². The summed E-state index contributed by atoms with van der Waals surface area (Å²) in [5.74, 6) is 0. The fourth-order valence-electron chi connectivity index (χ4n) is 1.86. The van der Waals surface area contributed by atoms with Gasteiger partial charge in [-0.3, -0.25) is 0 Å². The van der Waals surface area contributed by atoms with Crippen LogP contribution in [0.5, 0.6) is 0 Å². The van der Waals surface area contributed by atoms with Gasteiger partial charge in [-0.15, -0.1) is 0 Å². The molecule has 0 spiro atoms. The number of allylic oxidation sites excluding steroid dienone is 2. The first kappa shape index (κ1) is 8.52. The molecule has 1 N–H and O–H groups in total. The van der Waals surface area contributed by atoms with Crippen LogP contribution in [0, 0.1) is 0 Å². The van der Waals surface area contributed by atoms with Crippen LogP contribution in [0.25, 0.3) is 5.57 Å². The molecule has 1 nitrogen and oxygen atoms in total. The van der Waals surface area contributed by atoms with E-state index in [4.69, 9.17) is 5.11 Å². The van der Waals surface area contributed by atoms with E-state index < -0.39 is 0 Å². The summed E-state index contributed by atoms with van der Waals surface area (Å²) >= 11 is 0. The molecule has 0 aliphatic heterocycles. The average molecular weight is 174 g/mol. The monoisotopic (exact) mass is 174 g/mol. The number of aliphatic hydroxyl groups is 1.